The first-order valence-electron chi connectivity index (χ1n) is 10.3. The number of aromatic nitrogens is 1. The average Bonchev–Trinajstić information content (AvgIpc) is 2.76. The molecular formula is C22H32FIN6. The summed E-state index contributed by atoms with van der Waals surface area (Å²) in [5, 5.41) is 6.62. The van der Waals surface area contributed by atoms with Crippen molar-refractivity contribution in [2.45, 2.75) is 19.9 Å². The van der Waals surface area contributed by atoms with E-state index in [9.17, 15) is 4.39 Å². The van der Waals surface area contributed by atoms with Crippen LogP contribution in [0.15, 0.2) is 47.6 Å². The first-order chi connectivity index (χ1) is 14.2. The van der Waals surface area contributed by atoms with Crippen LogP contribution in [0.4, 0.5) is 10.2 Å². The van der Waals surface area contributed by atoms with E-state index in [1.54, 1.807) is 19.2 Å². The van der Waals surface area contributed by atoms with E-state index in [4.69, 9.17) is 0 Å². The molecule has 2 heterocycles. The summed E-state index contributed by atoms with van der Waals surface area (Å²) in [6, 6.07) is 10.9. The molecule has 1 aromatic carbocycles. The molecule has 0 unspecified atom stereocenters. The molecule has 0 amide bonds. The van der Waals surface area contributed by atoms with Gasteiger partial charge >= 0.3 is 0 Å². The topological polar surface area (TPSA) is 55.8 Å². The maximum absolute atomic E-state index is 13.3. The number of likely N-dealkylation sites (N-methyl/N-ethyl adjacent to an activating group) is 1. The van der Waals surface area contributed by atoms with Gasteiger partial charge in [0.1, 0.15) is 11.6 Å². The minimum atomic E-state index is -0.199. The molecule has 8 heteroatoms. The Balaban J connectivity index is 0.00000320. The van der Waals surface area contributed by atoms with Crippen molar-refractivity contribution in [1.29, 1.82) is 0 Å². The van der Waals surface area contributed by atoms with Gasteiger partial charge in [0.15, 0.2) is 5.96 Å². The maximum atomic E-state index is 13.3. The van der Waals surface area contributed by atoms with Crippen LogP contribution < -0.4 is 15.5 Å². The molecular weight excluding hydrogens is 494 g/mol. The zero-order valence-electron chi connectivity index (χ0n) is 17.8. The lowest BCUT2D eigenvalue weighted by atomic mass is 10.1. The van der Waals surface area contributed by atoms with Crippen molar-refractivity contribution in [1.82, 2.24) is 20.5 Å². The molecule has 1 aliphatic heterocycles. The Morgan fingerprint density at radius 2 is 1.90 bits per heavy atom. The molecule has 30 heavy (non-hydrogen) atoms. The fraction of sp³-hybridized carbons (Fsp3) is 0.455. The zero-order valence-corrected chi connectivity index (χ0v) is 20.1. The Bertz CT molecular complexity index is 808. The van der Waals surface area contributed by atoms with E-state index in [1.807, 2.05) is 18.3 Å². The predicted octanol–water partition coefficient (Wildman–Crippen LogP) is 2.89. The molecule has 1 aliphatic rings. The van der Waals surface area contributed by atoms with E-state index < -0.39 is 0 Å². The highest BCUT2D eigenvalue weighted by atomic mass is 127. The smallest absolute Gasteiger partial charge is 0.191 e. The highest BCUT2D eigenvalue weighted by molar-refractivity contribution is 14.0. The van der Waals surface area contributed by atoms with Gasteiger partial charge in [-0.05, 0) is 48.4 Å². The van der Waals surface area contributed by atoms with Crippen molar-refractivity contribution in [2.24, 2.45) is 4.99 Å². The first kappa shape index (κ1) is 24.3. The summed E-state index contributed by atoms with van der Waals surface area (Å²) in [5.41, 5.74) is 2.14. The summed E-state index contributed by atoms with van der Waals surface area (Å²) in [6.45, 7) is 8.87. The molecule has 3 rings (SSSR count). The van der Waals surface area contributed by atoms with Crippen LogP contribution in [0.5, 0.6) is 0 Å². The number of benzene rings is 1. The molecule has 164 valence electrons. The summed E-state index contributed by atoms with van der Waals surface area (Å²) in [7, 11) is 1.75. The second-order valence-electron chi connectivity index (χ2n) is 7.18. The van der Waals surface area contributed by atoms with Gasteiger partial charge in [0.05, 0.1) is 0 Å². The number of rotatable bonds is 7. The molecule has 0 saturated carbocycles. The lowest BCUT2D eigenvalue weighted by molar-refractivity contribution is 0.270. The third-order valence-electron chi connectivity index (χ3n) is 5.23. The maximum Gasteiger partial charge on any atom is 0.191 e. The van der Waals surface area contributed by atoms with Gasteiger partial charge in [-0.25, -0.2) is 9.37 Å². The van der Waals surface area contributed by atoms with Gasteiger partial charge in [-0.3, -0.25) is 4.99 Å². The lowest BCUT2D eigenvalue weighted by Gasteiger charge is -2.34. The van der Waals surface area contributed by atoms with Crippen molar-refractivity contribution >= 4 is 35.8 Å². The number of pyridine rings is 1. The van der Waals surface area contributed by atoms with Crippen molar-refractivity contribution in [3.63, 3.8) is 0 Å². The minimum absolute atomic E-state index is 0. The summed E-state index contributed by atoms with van der Waals surface area (Å²) in [4.78, 5) is 13.6. The highest BCUT2D eigenvalue weighted by Gasteiger charge is 2.16. The van der Waals surface area contributed by atoms with Crippen molar-refractivity contribution in [3.8, 4) is 0 Å². The highest BCUT2D eigenvalue weighted by Crippen LogP contribution is 2.15. The van der Waals surface area contributed by atoms with Crippen molar-refractivity contribution in [3.05, 3.63) is 59.5 Å². The molecule has 6 nitrogen and oxygen atoms in total. The Morgan fingerprint density at radius 3 is 2.60 bits per heavy atom. The number of hydrogen-bond donors (Lipinski definition) is 2. The molecule has 0 radical (unpaired) electrons. The normalized spacial score (nSPS) is 14.9. The second kappa shape index (κ2) is 12.7. The van der Waals surface area contributed by atoms with E-state index in [0.29, 0.717) is 13.1 Å². The van der Waals surface area contributed by atoms with Gasteiger partial charge < -0.3 is 20.4 Å². The number of guanidine groups is 1. The van der Waals surface area contributed by atoms with E-state index in [0.717, 1.165) is 56.5 Å². The number of aliphatic imine (C=N–C) groups is 1. The Hall–Kier alpha value is -1.94. The third kappa shape index (κ3) is 7.39. The van der Waals surface area contributed by atoms with E-state index in [1.165, 1.54) is 11.6 Å². The summed E-state index contributed by atoms with van der Waals surface area (Å²) in [5.74, 6) is 1.57. The van der Waals surface area contributed by atoms with Crippen LogP contribution >= 0.6 is 24.0 Å². The molecule has 0 aliphatic carbocycles. The van der Waals surface area contributed by atoms with Gasteiger partial charge in [0.25, 0.3) is 0 Å². The van der Waals surface area contributed by atoms with Gasteiger partial charge in [0.2, 0.25) is 0 Å². The van der Waals surface area contributed by atoms with Gasteiger partial charge in [-0.2, -0.15) is 0 Å². The number of nitrogens with zero attached hydrogens (tertiary/aromatic N) is 4. The average molecular weight is 526 g/mol. The molecule has 2 aromatic rings. The zero-order chi connectivity index (χ0) is 20.5. The van der Waals surface area contributed by atoms with Crippen LogP contribution in [0, 0.1) is 5.82 Å². The fourth-order valence-corrected chi connectivity index (χ4v) is 3.46. The molecule has 0 bridgehead atoms. The number of nitrogens with one attached hydrogen (secondary N) is 2. The molecule has 1 aromatic heterocycles. The van der Waals surface area contributed by atoms with Crippen LogP contribution in [-0.4, -0.2) is 62.2 Å². The quantitative estimate of drug-likeness (QED) is 0.330. The summed E-state index contributed by atoms with van der Waals surface area (Å²) >= 11 is 0. The second-order valence-corrected chi connectivity index (χ2v) is 7.18. The van der Waals surface area contributed by atoms with Crippen LogP contribution in [0.3, 0.4) is 0 Å². The minimum Gasteiger partial charge on any atom is -0.356 e. The molecule has 1 saturated heterocycles. The number of piperazine rings is 1. The summed E-state index contributed by atoms with van der Waals surface area (Å²) < 4.78 is 13.3. The van der Waals surface area contributed by atoms with Gasteiger partial charge in [-0.1, -0.05) is 19.1 Å². The largest absolute Gasteiger partial charge is 0.356 e. The predicted molar refractivity (Wildman–Crippen MR) is 132 cm³/mol. The standard InChI is InChI=1S/C22H31FN6.HI/c1-3-28-11-13-29(14-12-28)21-16-19(8-9-25-21)17-27-22(24-2)26-10-7-18-5-4-6-20(23)15-18;/h4-6,8-9,15-16H,3,7,10-14,17H2,1-2H3,(H2,24,26,27);1H. The van der Waals surface area contributed by atoms with Crippen molar-refractivity contribution in [2.75, 3.05) is 51.2 Å². The lowest BCUT2D eigenvalue weighted by Crippen LogP contribution is -2.46. The van der Waals surface area contributed by atoms with Crippen molar-refractivity contribution < 1.29 is 4.39 Å². The first-order valence-corrected chi connectivity index (χ1v) is 10.3. The van der Waals surface area contributed by atoms with Gasteiger partial charge in [-0.15, -0.1) is 24.0 Å². The Morgan fingerprint density at radius 1 is 1.10 bits per heavy atom. The molecule has 1 fully saturated rings. The van der Waals surface area contributed by atoms with Crippen LogP contribution in [0.25, 0.3) is 0 Å². The van der Waals surface area contributed by atoms with Crippen LogP contribution in [0.2, 0.25) is 0 Å². The Labute approximate surface area is 196 Å². The van der Waals surface area contributed by atoms with Crippen LogP contribution in [-0.2, 0) is 13.0 Å². The van der Waals surface area contributed by atoms with E-state index in [2.05, 4.69) is 43.4 Å². The summed E-state index contributed by atoms with van der Waals surface area (Å²) in [6.07, 6.45) is 2.61. The number of hydrogen-bond acceptors (Lipinski definition) is 4. The van der Waals surface area contributed by atoms with Crippen LogP contribution in [0.1, 0.15) is 18.1 Å². The monoisotopic (exact) mass is 526 g/mol. The van der Waals surface area contributed by atoms with Gasteiger partial charge in [0, 0.05) is 52.5 Å². The third-order valence-corrected chi connectivity index (χ3v) is 5.23. The van der Waals surface area contributed by atoms with E-state index in [-0.39, 0.29) is 29.8 Å². The molecule has 0 spiro atoms. The molecule has 0 atom stereocenters. The fourth-order valence-electron chi connectivity index (χ4n) is 3.46. The number of halogens is 2. The molecule has 2 N–H and O–H groups in total. The SMILES string of the molecule is CCN1CCN(c2cc(CNC(=NC)NCCc3cccc(F)c3)ccn2)CC1.I. The number of anilines is 1. The van der Waals surface area contributed by atoms with E-state index >= 15 is 0 Å². The Kier molecular flexibility index (Phi) is 10.3.